The second kappa shape index (κ2) is 9.29. The van der Waals surface area contributed by atoms with Gasteiger partial charge in [-0.15, -0.1) is 0 Å². The molecule has 1 rings (SSSR count). The molecule has 0 unspecified atom stereocenters. The fourth-order valence-corrected chi connectivity index (χ4v) is 3.50. The zero-order chi connectivity index (χ0) is 20.0. The molecule has 1 amide bonds. The van der Waals surface area contributed by atoms with Gasteiger partial charge in [0.15, 0.2) is 5.11 Å². The fourth-order valence-electron chi connectivity index (χ4n) is 1.98. The summed E-state index contributed by atoms with van der Waals surface area (Å²) in [6.45, 7) is 9.81. The van der Waals surface area contributed by atoms with E-state index in [0.717, 1.165) is 11.1 Å². The molecular weight excluding hydrogens is 372 g/mol. The van der Waals surface area contributed by atoms with Gasteiger partial charge in [-0.1, -0.05) is 6.07 Å². The number of aryl methyl sites for hydroxylation is 2. The summed E-state index contributed by atoms with van der Waals surface area (Å²) in [7, 11) is -3.57. The van der Waals surface area contributed by atoms with Crippen molar-refractivity contribution in [2.24, 2.45) is 0 Å². The van der Waals surface area contributed by atoms with E-state index in [1.165, 1.54) is 0 Å². The third kappa shape index (κ3) is 8.11. The predicted octanol–water partition coefficient (Wildman–Crippen LogP) is 1.66. The van der Waals surface area contributed by atoms with Crippen LogP contribution in [0.15, 0.2) is 23.1 Å². The SMILES string of the molecule is Cc1ccc(S(=O)(=O)NCCCC(=O)NNC(=S)NC(C)(C)C)cc1C. The number of thiocarbonyl (C=S) groups is 1. The summed E-state index contributed by atoms with van der Waals surface area (Å²) in [4.78, 5) is 12.0. The van der Waals surface area contributed by atoms with Gasteiger partial charge in [-0.25, -0.2) is 13.1 Å². The minimum atomic E-state index is -3.57. The number of hydrogen-bond donors (Lipinski definition) is 4. The summed E-state index contributed by atoms with van der Waals surface area (Å²) >= 11 is 5.05. The van der Waals surface area contributed by atoms with E-state index in [1.54, 1.807) is 18.2 Å². The number of hydrogen-bond acceptors (Lipinski definition) is 4. The van der Waals surface area contributed by atoms with Gasteiger partial charge in [-0.05, 0) is 76.5 Å². The van der Waals surface area contributed by atoms with Crippen molar-refractivity contribution < 1.29 is 13.2 Å². The Hall–Kier alpha value is -1.71. The maximum Gasteiger partial charge on any atom is 0.240 e. The maximum atomic E-state index is 12.2. The van der Waals surface area contributed by atoms with Crippen LogP contribution in [0.25, 0.3) is 0 Å². The molecule has 0 fully saturated rings. The van der Waals surface area contributed by atoms with Gasteiger partial charge >= 0.3 is 0 Å². The Morgan fingerprint density at radius 3 is 2.35 bits per heavy atom. The van der Waals surface area contributed by atoms with E-state index in [4.69, 9.17) is 12.2 Å². The Labute approximate surface area is 161 Å². The maximum absolute atomic E-state index is 12.2. The Morgan fingerprint density at radius 2 is 1.77 bits per heavy atom. The lowest BCUT2D eigenvalue weighted by Crippen LogP contribution is -2.52. The third-order valence-corrected chi connectivity index (χ3v) is 5.13. The number of carbonyl (C=O) groups is 1. The van der Waals surface area contributed by atoms with Crippen molar-refractivity contribution in [2.45, 2.75) is 57.9 Å². The molecule has 9 heteroatoms. The molecule has 0 spiro atoms. The molecule has 0 heterocycles. The van der Waals surface area contributed by atoms with Crippen molar-refractivity contribution >= 4 is 33.3 Å². The molecule has 0 aromatic heterocycles. The largest absolute Gasteiger partial charge is 0.357 e. The van der Waals surface area contributed by atoms with Crippen molar-refractivity contribution in [3.8, 4) is 0 Å². The Kier molecular flexibility index (Phi) is 7.98. The van der Waals surface area contributed by atoms with Crippen LogP contribution in [0.4, 0.5) is 0 Å². The fraction of sp³-hybridized carbons (Fsp3) is 0.529. The molecule has 0 aliphatic heterocycles. The van der Waals surface area contributed by atoms with Crippen LogP contribution in [0.5, 0.6) is 0 Å². The van der Waals surface area contributed by atoms with E-state index < -0.39 is 10.0 Å². The number of amides is 1. The highest BCUT2D eigenvalue weighted by Gasteiger charge is 2.14. The van der Waals surface area contributed by atoms with Gasteiger partial charge in [0.1, 0.15) is 0 Å². The molecule has 0 atom stereocenters. The van der Waals surface area contributed by atoms with Gasteiger partial charge < -0.3 is 5.32 Å². The first-order valence-corrected chi connectivity index (χ1v) is 10.2. The number of nitrogens with one attached hydrogen (secondary N) is 4. The molecule has 0 aliphatic rings. The van der Waals surface area contributed by atoms with Crippen LogP contribution < -0.4 is 20.9 Å². The second-order valence-electron chi connectivity index (χ2n) is 7.12. The average Bonchev–Trinajstić information content (AvgIpc) is 2.50. The summed E-state index contributed by atoms with van der Waals surface area (Å²) in [5, 5.41) is 3.32. The smallest absolute Gasteiger partial charge is 0.240 e. The van der Waals surface area contributed by atoms with Crippen LogP contribution in [0, 0.1) is 13.8 Å². The standard InChI is InChI=1S/C17H28N4O3S2/c1-12-8-9-14(11-13(12)2)26(23,24)18-10-6-7-15(22)20-21-16(25)19-17(3,4)5/h8-9,11,18H,6-7,10H2,1-5H3,(H,20,22)(H2,19,21,25). The Morgan fingerprint density at radius 1 is 1.12 bits per heavy atom. The van der Waals surface area contributed by atoms with E-state index in [2.05, 4.69) is 20.9 Å². The predicted molar refractivity (Wildman–Crippen MR) is 107 cm³/mol. The number of hydrazine groups is 1. The molecule has 1 aromatic carbocycles. The lowest BCUT2D eigenvalue weighted by molar-refractivity contribution is -0.121. The van der Waals surface area contributed by atoms with Crippen LogP contribution in [0.3, 0.4) is 0 Å². The average molecular weight is 401 g/mol. The number of sulfonamides is 1. The van der Waals surface area contributed by atoms with E-state index in [-0.39, 0.29) is 29.3 Å². The van der Waals surface area contributed by atoms with Gasteiger partial charge in [0.05, 0.1) is 4.90 Å². The van der Waals surface area contributed by atoms with Crippen molar-refractivity contribution in [1.82, 2.24) is 20.9 Å². The zero-order valence-electron chi connectivity index (χ0n) is 15.9. The molecule has 0 saturated heterocycles. The van der Waals surface area contributed by atoms with Crippen LogP contribution in [-0.2, 0) is 14.8 Å². The Balaban J connectivity index is 2.36. The minimum absolute atomic E-state index is 0.167. The lowest BCUT2D eigenvalue weighted by Gasteiger charge is -2.23. The second-order valence-corrected chi connectivity index (χ2v) is 9.30. The number of carbonyl (C=O) groups excluding carboxylic acids is 1. The van der Waals surface area contributed by atoms with Crippen molar-refractivity contribution in [3.05, 3.63) is 29.3 Å². The molecule has 0 saturated carbocycles. The van der Waals surface area contributed by atoms with Gasteiger partial charge in [0.2, 0.25) is 15.9 Å². The van der Waals surface area contributed by atoms with Crippen molar-refractivity contribution in [2.75, 3.05) is 6.54 Å². The molecule has 0 radical (unpaired) electrons. The summed E-state index contributed by atoms with van der Waals surface area (Å²) in [6, 6.07) is 4.99. The minimum Gasteiger partial charge on any atom is -0.357 e. The highest BCUT2D eigenvalue weighted by atomic mass is 32.2. The highest BCUT2D eigenvalue weighted by Crippen LogP contribution is 2.14. The van der Waals surface area contributed by atoms with E-state index in [1.807, 2.05) is 34.6 Å². The molecule has 146 valence electrons. The first kappa shape index (κ1) is 22.3. The van der Waals surface area contributed by atoms with Crippen molar-refractivity contribution in [1.29, 1.82) is 0 Å². The molecule has 1 aromatic rings. The van der Waals surface area contributed by atoms with E-state index >= 15 is 0 Å². The van der Waals surface area contributed by atoms with E-state index in [9.17, 15) is 13.2 Å². The monoisotopic (exact) mass is 400 g/mol. The molecule has 26 heavy (non-hydrogen) atoms. The third-order valence-electron chi connectivity index (χ3n) is 3.47. The molecule has 0 bridgehead atoms. The lowest BCUT2D eigenvalue weighted by atomic mass is 10.1. The number of rotatable bonds is 6. The topological polar surface area (TPSA) is 99.3 Å². The summed E-state index contributed by atoms with van der Waals surface area (Å²) in [5.41, 5.74) is 6.84. The number of benzene rings is 1. The van der Waals surface area contributed by atoms with Gasteiger partial charge in [0, 0.05) is 18.5 Å². The molecule has 4 N–H and O–H groups in total. The highest BCUT2D eigenvalue weighted by molar-refractivity contribution is 7.89. The van der Waals surface area contributed by atoms with Crippen LogP contribution >= 0.6 is 12.2 Å². The summed E-state index contributed by atoms with van der Waals surface area (Å²) in [5.74, 6) is -0.270. The zero-order valence-corrected chi connectivity index (χ0v) is 17.5. The quantitative estimate of drug-likeness (QED) is 0.329. The van der Waals surface area contributed by atoms with Gasteiger partial charge in [-0.3, -0.25) is 15.6 Å². The van der Waals surface area contributed by atoms with Crippen LogP contribution in [0.2, 0.25) is 0 Å². The van der Waals surface area contributed by atoms with E-state index in [0.29, 0.717) is 11.5 Å². The molecular formula is C17H28N4O3S2. The molecule has 0 aliphatic carbocycles. The molecule has 7 nitrogen and oxygen atoms in total. The summed E-state index contributed by atoms with van der Waals surface area (Å²) < 4.78 is 27.0. The first-order valence-electron chi connectivity index (χ1n) is 8.34. The van der Waals surface area contributed by atoms with Gasteiger partial charge in [-0.2, -0.15) is 0 Å². The van der Waals surface area contributed by atoms with Gasteiger partial charge in [0.25, 0.3) is 0 Å². The van der Waals surface area contributed by atoms with Crippen LogP contribution in [0.1, 0.15) is 44.7 Å². The summed E-state index contributed by atoms with van der Waals surface area (Å²) in [6.07, 6.45) is 0.539. The normalized spacial score (nSPS) is 11.7. The first-order chi connectivity index (χ1) is 11.9. The Bertz CT molecular complexity index is 756. The van der Waals surface area contributed by atoms with Crippen LogP contribution in [-0.4, -0.2) is 31.5 Å². The van der Waals surface area contributed by atoms with Crippen molar-refractivity contribution in [3.63, 3.8) is 0 Å².